The first-order valence-corrected chi connectivity index (χ1v) is 9.09. The predicted octanol–water partition coefficient (Wildman–Crippen LogP) is 4.32. The topological polar surface area (TPSA) is 66.5 Å². The van der Waals surface area contributed by atoms with E-state index in [0.717, 1.165) is 23.1 Å². The minimum absolute atomic E-state index is 0.0229. The molecule has 4 N–H and O–H groups in total. The molecule has 0 saturated heterocycles. The van der Waals surface area contributed by atoms with Crippen LogP contribution in [0.5, 0.6) is 11.5 Å². The summed E-state index contributed by atoms with van der Waals surface area (Å²) in [4.78, 5) is 0.340. The Hall–Kier alpha value is -1.78. The lowest BCUT2D eigenvalue weighted by Gasteiger charge is -2.32. The predicted molar refractivity (Wildman–Crippen MR) is 102 cm³/mol. The maximum atomic E-state index is 10.4. The fourth-order valence-electron chi connectivity index (χ4n) is 3.64. The van der Waals surface area contributed by atoms with Gasteiger partial charge in [-0.1, -0.05) is 64.8 Å². The third-order valence-corrected chi connectivity index (χ3v) is 5.03. The van der Waals surface area contributed by atoms with Crippen LogP contribution in [0, 0.1) is 0 Å². The molecule has 0 bridgehead atoms. The number of benzene rings is 2. The van der Waals surface area contributed by atoms with Crippen molar-refractivity contribution in [2.45, 2.75) is 30.5 Å². The molecule has 0 spiro atoms. The van der Waals surface area contributed by atoms with Gasteiger partial charge in [0.15, 0.2) is 11.5 Å². The van der Waals surface area contributed by atoms with E-state index in [0.29, 0.717) is 17.8 Å². The summed E-state index contributed by atoms with van der Waals surface area (Å²) < 4.78 is 0. The van der Waals surface area contributed by atoms with Crippen LogP contribution in [0.3, 0.4) is 0 Å². The molecule has 0 aromatic heterocycles. The van der Waals surface area contributed by atoms with E-state index >= 15 is 0 Å². The highest BCUT2D eigenvalue weighted by Gasteiger charge is 2.30. The number of aromatic hydroxyl groups is 2. The van der Waals surface area contributed by atoms with Crippen molar-refractivity contribution in [2.24, 2.45) is 5.73 Å². The van der Waals surface area contributed by atoms with Gasteiger partial charge in [0.1, 0.15) is 0 Å². The van der Waals surface area contributed by atoms with Crippen LogP contribution in [0.2, 0.25) is 0 Å². The molecule has 4 heteroatoms. The smallest absolute Gasteiger partial charge is 0.161 e. The first-order valence-electron chi connectivity index (χ1n) is 8.18. The van der Waals surface area contributed by atoms with E-state index in [1.54, 1.807) is 6.07 Å². The number of fused-ring (bicyclic) bond motifs is 1. The zero-order chi connectivity index (χ0) is 17.3. The third-order valence-electron chi connectivity index (χ3n) is 4.71. The van der Waals surface area contributed by atoms with Gasteiger partial charge < -0.3 is 15.9 Å². The summed E-state index contributed by atoms with van der Waals surface area (Å²) in [5.74, 6) is 0.0597. The largest absolute Gasteiger partial charge is 0.504 e. The van der Waals surface area contributed by atoms with Gasteiger partial charge >= 0.3 is 0 Å². The molecule has 2 atom stereocenters. The van der Waals surface area contributed by atoms with Crippen LogP contribution >= 0.6 is 15.9 Å². The number of halogens is 1. The van der Waals surface area contributed by atoms with E-state index in [4.69, 9.17) is 5.73 Å². The van der Waals surface area contributed by atoms with Crippen LogP contribution in [0.15, 0.2) is 48.0 Å². The van der Waals surface area contributed by atoms with Crippen molar-refractivity contribution in [3.63, 3.8) is 0 Å². The van der Waals surface area contributed by atoms with Crippen molar-refractivity contribution in [1.82, 2.24) is 0 Å². The SMILES string of the molecule is CC(Br)CC1=C(CN)c2ccc(O)c(O)c2CC1c1ccccc1. The number of phenols is 2. The summed E-state index contributed by atoms with van der Waals surface area (Å²) in [5.41, 5.74) is 11.4. The summed E-state index contributed by atoms with van der Waals surface area (Å²) in [5, 5.41) is 20.3. The maximum Gasteiger partial charge on any atom is 0.161 e. The summed E-state index contributed by atoms with van der Waals surface area (Å²) in [7, 11) is 0. The first-order chi connectivity index (χ1) is 11.5. The van der Waals surface area contributed by atoms with Gasteiger partial charge in [0, 0.05) is 22.9 Å². The Morgan fingerprint density at radius 1 is 1.17 bits per heavy atom. The second-order valence-corrected chi connectivity index (χ2v) is 7.88. The lowest BCUT2D eigenvalue weighted by molar-refractivity contribution is 0.398. The summed E-state index contributed by atoms with van der Waals surface area (Å²) in [6, 6.07) is 13.7. The van der Waals surface area contributed by atoms with Gasteiger partial charge in [-0.15, -0.1) is 0 Å². The number of hydrogen-bond acceptors (Lipinski definition) is 3. The first kappa shape index (κ1) is 17.1. The highest BCUT2D eigenvalue weighted by Crippen LogP contribution is 2.47. The lowest BCUT2D eigenvalue weighted by atomic mass is 9.73. The Balaban J connectivity index is 2.21. The quantitative estimate of drug-likeness (QED) is 0.540. The van der Waals surface area contributed by atoms with E-state index in [-0.39, 0.29) is 17.4 Å². The highest BCUT2D eigenvalue weighted by atomic mass is 79.9. The Bertz CT molecular complexity index is 769. The van der Waals surface area contributed by atoms with E-state index < -0.39 is 0 Å². The van der Waals surface area contributed by atoms with E-state index in [1.807, 2.05) is 24.3 Å². The van der Waals surface area contributed by atoms with Crippen molar-refractivity contribution in [3.8, 4) is 11.5 Å². The fourth-order valence-corrected chi connectivity index (χ4v) is 3.99. The molecule has 24 heavy (non-hydrogen) atoms. The minimum atomic E-state index is -0.0748. The lowest BCUT2D eigenvalue weighted by Crippen LogP contribution is -2.20. The van der Waals surface area contributed by atoms with Gasteiger partial charge in [0.05, 0.1) is 0 Å². The summed E-state index contributed by atoms with van der Waals surface area (Å²) in [6.07, 6.45) is 1.56. The molecule has 0 fully saturated rings. The number of allylic oxidation sites excluding steroid dienone is 1. The zero-order valence-electron chi connectivity index (χ0n) is 13.7. The van der Waals surface area contributed by atoms with Crippen LogP contribution in [-0.2, 0) is 6.42 Å². The monoisotopic (exact) mass is 387 g/mol. The van der Waals surface area contributed by atoms with Crippen molar-refractivity contribution < 1.29 is 10.2 Å². The molecule has 126 valence electrons. The van der Waals surface area contributed by atoms with Crippen LogP contribution in [0.1, 0.15) is 36.0 Å². The number of rotatable bonds is 4. The van der Waals surface area contributed by atoms with Crippen molar-refractivity contribution in [3.05, 3.63) is 64.7 Å². The molecule has 0 aliphatic heterocycles. The third kappa shape index (κ3) is 3.08. The second kappa shape index (κ2) is 6.99. The molecule has 3 nitrogen and oxygen atoms in total. The Labute approximate surface area is 151 Å². The van der Waals surface area contributed by atoms with E-state index in [1.165, 1.54) is 11.1 Å². The molecule has 1 aliphatic carbocycles. The molecule has 1 aliphatic rings. The van der Waals surface area contributed by atoms with Crippen LogP contribution in [0.25, 0.3) is 5.57 Å². The summed E-state index contributed by atoms with van der Waals surface area (Å²) >= 11 is 3.67. The van der Waals surface area contributed by atoms with Crippen molar-refractivity contribution in [2.75, 3.05) is 6.54 Å². The molecular formula is C20H22BrNO2. The standard InChI is InChI=1S/C20H22BrNO2/c1-12(21)9-16-15(13-5-3-2-4-6-13)10-17-14(18(16)11-22)7-8-19(23)20(17)24/h2-8,12,15,23-24H,9-11,22H2,1H3. The minimum Gasteiger partial charge on any atom is -0.504 e. The van der Waals surface area contributed by atoms with Gasteiger partial charge in [-0.05, 0) is 35.6 Å². The van der Waals surface area contributed by atoms with E-state index in [2.05, 4.69) is 35.0 Å². The Kier molecular flexibility index (Phi) is 4.97. The summed E-state index contributed by atoms with van der Waals surface area (Å²) in [6.45, 7) is 2.54. The number of nitrogens with two attached hydrogens (primary N) is 1. The van der Waals surface area contributed by atoms with Crippen LogP contribution in [-0.4, -0.2) is 21.6 Å². The maximum absolute atomic E-state index is 10.4. The van der Waals surface area contributed by atoms with Gasteiger partial charge in [0.25, 0.3) is 0 Å². The Morgan fingerprint density at radius 2 is 1.88 bits per heavy atom. The normalized spacial score (nSPS) is 18.4. The van der Waals surface area contributed by atoms with Gasteiger partial charge in [-0.25, -0.2) is 0 Å². The highest BCUT2D eigenvalue weighted by molar-refractivity contribution is 9.09. The van der Waals surface area contributed by atoms with Gasteiger partial charge in [-0.3, -0.25) is 0 Å². The molecule has 3 rings (SSSR count). The molecule has 0 heterocycles. The van der Waals surface area contributed by atoms with Crippen molar-refractivity contribution >= 4 is 21.5 Å². The average molecular weight is 388 g/mol. The molecule has 2 aromatic carbocycles. The second-order valence-electron chi connectivity index (χ2n) is 6.32. The molecular weight excluding hydrogens is 366 g/mol. The van der Waals surface area contributed by atoms with Crippen LogP contribution in [0.4, 0.5) is 0 Å². The van der Waals surface area contributed by atoms with Gasteiger partial charge in [-0.2, -0.15) is 0 Å². The zero-order valence-corrected chi connectivity index (χ0v) is 15.3. The van der Waals surface area contributed by atoms with Crippen LogP contribution < -0.4 is 5.73 Å². The van der Waals surface area contributed by atoms with E-state index in [9.17, 15) is 10.2 Å². The molecule has 2 unspecified atom stereocenters. The molecule has 0 radical (unpaired) electrons. The van der Waals surface area contributed by atoms with Crippen molar-refractivity contribution in [1.29, 1.82) is 0 Å². The Morgan fingerprint density at radius 3 is 2.50 bits per heavy atom. The average Bonchev–Trinajstić information content (AvgIpc) is 2.58. The molecule has 2 aromatic rings. The number of phenolic OH excluding ortho intramolecular Hbond substituents is 2. The number of alkyl halides is 1. The van der Waals surface area contributed by atoms with Gasteiger partial charge in [0.2, 0.25) is 0 Å². The molecule has 0 amide bonds. The fraction of sp³-hybridized carbons (Fsp3) is 0.300. The molecule has 0 saturated carbocycles. The number of hydrogen-bond donors (Lipinski definition) is 3.